The van der Waals surface area contributed by atoms with Crippen LogP contribution >= 0.6 is 0 Å². The maximum absolute atomic E-state index is 11.9. The van der Waals surface area contributed by atoms with Gasteiger partial charge in [0.2, 0.25) is 5.91 Å². The van der Waals surface area contributed by atoms with Gasteiger partial charge in [-0.05, 0) is 30.7 Å². The fraction of sp³-hybridized carbons (Fsp3) is 0.105. The number of hydrogen-bond donors (Lipinski definition) is 3. The highest BCUT2D eigenvalue weighted by molar-refractivity contribution is 5.97. The molecule has 0 fully saturated rings. The molecule has 3 amide bonds. The van der Waals surface area contributed by atoms with Crippen LogP contribution in [0.25, 0.3) is 6.08 Å². The van der Waals surface area contributed by atoms with E-state index < -0.39 is 23.8 Å². The molecule has 25 heavy (non-hydrogen) atoms. The summed E-state index contributed by atoms with van der Waals surface area (Å²) < 4.78 is 0. The summed E-state index contributed by atoms with van der Waals surface area (Å²) in [5, 5.41) is 2.52. The molecule has 0 aliphatic carbocycles. The van der Waals surface area contributed by atoms with Gasteiger partial charge >= 0.3 is 0 Å². The number of carbonyl (C=O) groups excluding carboxylic acids is 3. The van der Waals surface area contributed by atoms with Crippen LogP contribution in [-0.4, -0.2) is 23.8 Å². The molecule has 0 saturated heterocycles. The highest BCUT2D eigenvalue weighted by Gasteiger charge is 2.15. The Morgan fingerprint density at radius 2 is 1.48 bits per heavy atom. The molecule has 2 rings (SSSR count). The minimum Gasteiger partial charge on any atom is -0.341 e. The van der Waals surface area contributed by atoms with Crippen LogP contribution in [0.15, 0.2) is 66.7 Å². The monoisotopic (exact) mass is 337 g/mol. The standard InChI is InChI=1S/C19H19N3O3/c1-14(20-17(23)13-12-15-8-4-2-5-9-15)18(24)21-22-19(25)16-10-6-3-7-11-16/h2-14H,1H3,(H,20,23)(H,21,24)(H,22,25)/b13-12+. The third kappa shape index (κ3) is 5.95. The van der Waals surface area contributed by atoms with E-state index in [0.29, 0.717) is 5.56 Å². The van der Waals surface area contributed by atoms with Crippen molar-refractivity contribution in [1.29, 1.82) is 0 Å². The molecule has 0 aromatic heterocycles. The first-order chi connectivity index (χ1) is 12.1. The lowest BCUT2D eigenvalue weighted by Crippen LogP contribution is -2.50. The second-order valence-electron chi connectivity index (χ2n) is 5.28. The van der Waals surface area contributed by atoms with Gasteiger partial charge in [-0.25, -0.2) is 0 Å². The Morgan fingerprint density at radius 1 is 0.880 bits per heavy atom. The number of rotatable bonds is 5. The lowest BCUT2D eigenvalue weighted by molar-refractivity contribution is -0.127. The van der Waals surface area contributed by atoms with Gasteiger partial charge in [0.05, 0.1) is 0 Å². The Bertz CT molecular complexity index is 758. The van der Waals surface area contributed by atoms with Crippen LogP contribution in [0.4, 0.5) is 0 Å². The van der Waals surface area contributed by atoms with Gasteiger partial charge in [-0.3, -0.25) is 25.2 Å². The van der Waals surface area contributed by atoms with Crippen LogP contribution in [-0.2, 0) is 9.59 Å². The zero-order valence-corrected chi connectivity index (χ0v) is 13.7. The number of hydrogen-bond acceptors (Lipinski definition) is 3. The molecule has 1 atom stereocenters. The fourth-order valence-electron chi connectivity index (χ4n) is 1.95. The van der Waals surface area contributed by atoms with E-state index >= 15 is 0 Å². The van der Waals surface area contributed by atoms with Gasteiger partial charge in [0.25, 0.3) is 11.8 Å². The first-order valence-electron chi connectivity index (χ1n) is 7.75. The number of benzene rings is 2. The van der Waals surface area contributed by atoms with Gasteiger partial charge < -0.3 is 5.32 Å². The normalized spacial score (nSPS) is 11.6. The van der Waals surface area contributed by atoms with Crippen molar-refractivity contribution in [3.63, 3.8) is 0 Å². The van der Waals surface area contributed by atoms with E-state index in [0.717, 1.165) is 5.56 Å². The second-order valence-corrected chi connectivity index (χ2v) is 5.28. The van der Waals surface area contributed by atoms with Gasteiger partial charge in [-0.15, -0.1) is 0 Å². The zero-order valence-electron chi connectivity index (χ0n) is 13.7. The van der Waals surface area contributed by atoms with E-state index in [2.05, 4.69) is 16.2 Å². The molecule has 0 aliphatic heterocycles. The topological polar surface area (TPSA) is 87.3 Å². The summed E-state index contributed by atoms with van der Waals surface area (Å²) in [5.74, 6) is -1.36. The second kappa shape index (κ2) is 9.02. The zero-order chi connectivity index (χ0) is 18.1. The number of nitrogens with one attached hydrogen (secondary N) is 3. The third-order valence-electron chi connectivity index (χ3n) is 3.31. The molecule has 2 aromatic rings. The summed E-state index contributed by atoms with van der Waals surface area (Å²) in [6.45, 7) is 1.53. The number of amides is 3. The molecule has 3 N–H and O–H groups in total. The van der Waals surface area contributed by atoms with E-state index in [4.69, 9.17) is 0 Å². The molecule has 0 spiro atoms. The van der Waals surface area contributed by atoms with Crippen LogP contribution < -0.4 is 16.2 Å². The Morgan fingerprint density at radius 3 is 2.12 bits per heavy atom. The van der Waals surface area contributed by atoms with Crippen LogP contribution in [0.2, 0.25) is 0 Å². The molecule has 2 aromatic carbocycles. The van der Waals surface area contributed by atoms with Crippen molar-refractivity contribution in [3.05, 3.63) is 77.9 Å². The van der Waals surface area contributed by atoms with E-state index in [-0.39, 0.29) is 0 Å². The molecule has 6 nitrogen and oxygen atoms in total. The van der Waals surface area contributed by atoms with Crippen molar-refractivity contribution in [1.82, 2.24) is 16.2 Å². The summed E-state index contributed by atoms with van der Waals surface area (Å²) >= 11 is 0. The molecule has 0 aliphatic rings. The van der Waals surface area contributed by atoms with E-state index in [1.807, 2.05) is 30.3 Å². The molecule has 6 heteroatoms. The third-order valence-corrected chi connectivity index (χ3v) is 3.31. The van der Waals surface area contributed by atoms with Crippen LogP contribution in [0, 0.1) is 0 Å². The lowest BCUT2D eigenvalue weighted by atomic mass is 10.2. The van der Waals surface area contributed by atoms with Gasteiger partial charge in [0.1, 0.15) is 6.04 Å². The summed E-state index contributed by atoms with van der Waals surface area (Å²) in [6.07, 6.45) is 3.00. The first kappa shape index (κ1) is 17.9. The first-order valence-corrected chi connectivity index (χ1v) is 7.75. The van der Waals surface area contributed by atoms with Crippen LogP contribution in [0.3, 0.4) is 0 Å². The van der Waals surface area contributed by atoms with Gasteiger partial charge in [0.15, 0.2) is 0 Å². The molecule has 0 radical (unpaired) electrons. The van der Waals surface area contributed by atoms with Crippen molar-refractivity contribution < 1.29 is 14.4 Å². The molecule has 0 bridgehead atoms. The van der Waals surface area contributed by atoms with E-state index in [1.165, 1.54) is 13.0 Å². The van der Waals surface area contributed by atoms with Gasteiger partial charge in [0, 0.05) is 11.6 Å². The Kier molecular flexibility index (Phi) is 6.47. The van der Waals surface area contributed by atoms with E-state index in [1.54, 1.807) is 36.4 Å². The van der Waals surface area contributed by atoms with Gasteiger partial charge in [-0.2, -0.15) is 0 Å². The highest BCUT2D eigenvalue weighted by Crippen LogP contribution is 2.00. The van der Waals surface area contributed by atoms with E-state index in [9.17, 15) is 14.4 Å². The average Bonchev–Trinajstić information content (AvgIpc) is 2.65. The van der Waals surface area contributed by atoms with Crippen molar-refractivity contribution >= 4 is 23.8 Å². The van der Waals surface area contributed by atoms with Crippen molar-refractivity contribution in [2.45, 2.75) is 13.0 Å². The largest absolute Gasteiger partial charge is 0.341 e. The summed E-state index contributed by atoms with van der Waals surface area (Å²) in [5.41, 5.74) is 5.89. The van der Waals surface area contributed by atoms with Crippen LogP contribution in [0.1, 0.15) is 22.8 Å². The predicted octanol–water partition coefficient (Wildman–Crippen LogP) is 1.67. The van der Waals surface area contributed by atoms with Crippen molar-refractivity contribution in [2.75, 3.05) is 0 Å². The highest BCUT2D eigenvalue weighted by atomic mass is 16.2. The molecule has 128 valence electrons. The van der Waals surface area contributed by atoms with Crippen LogP contribution in [0.5, 0.6) is 0 Å². The minimum atomic E-state index is -0.802. The molecule has 0 saturated carbocycles. The SMILES string of the molecule is CC(NC(=O)/C=C/c1ccccc1)C(=O)NNC(=O)c1ccccc1. The smallest absolute Gasteiger partial charge is 0.269 e. The van der Waals surface area contributed by atoms with Crippen molar-refractivity contribution in [2.24, 2.45) is 0 Å². The summed E-state index contributed by atoms with van der Waals surface area (Å²) in [7, 11) is 0. The maximum atomic E-state index is 11.9. The van der Waals surface area contributed by atoms with Gasteiger partial charge in [-0.1, -0.05) is 48.5 Å². The molecular formula is C19H19N3O3. The number of hydrazine groups is 1. The molecule has 1 unspecified atom stereocenters. The molecular weight excluding hydrogens is 318 g/mol. The number of carbonyl (C=O) groups is 3. The predicted molar refractivity (Wildman–Crippen MR) is 95.1 cm³/mol. The fourth-order valence-corrected chi connectivity index (χ4v) is 1.95. The summed E-state index contributed by atoms with van der Waals surface area (Å²) in [4.78, 5) is 35.6. The minimum absolute atomic E-state index is 0.402. The lowest BCUT2D eigenvalue weighted by Gasteiger charge is -2.13. The Labute approximate surface area is 145 Å². The maximum Gasteiger partial charge on any atom is 0.269 e. The Hall–Kier alpha value is -3.41. The van der Waals surface area contributed by atoms with Crippen molar-refractivity contribution in [3.8, 4) is 0 Å². The Balaban J connectivity index is 1.79. The average molecular weight is 337 g/mol. The molecule has 0 heterocycles. The quantitative estimate of drug-likeness (QED) is 0.573. The summed E-state index contributed by atoms with van der Waals surface area (Å²) in [6, 6.07) is 17.0.